The Morgan fingerprint density at radius 1 is 1.00 bits per heavy atom. The number of aryl methyl sites for hydroxylation is 1. The van der Waals surface area contributed by atoms with E-state index in [1.54, 1.807) is 30.3 Å². The molecule has 0 saturated heterocycles. The van der Waals surface area contributed by atoms with Gasteiger partial charge in [-0.15, -0.1) is 0 Å². The normalized spacial score (nSPS) is 11.3. The van der Waals surface area contributed by atoms with Crippen molar-refractivity contribution in [3.05, 3.63) is 94.6 Å². The summed E-state index contributed by atoms with van der Waals surface area (Å²) in [5, 5.41) is 10.6. The van der Waals surface area contributed by atoms with Crippen molar-refractivity contribution in [2.45, 2.75) is 20.3 Å². The number of para-hydroxylation sites is 1. The fourth-order valence-electron chi connectivity index (χ4n) is 3.75. The maximum atomic E-state index is 13.0. The van der Waals surface area contributed by atoms with Gasteiger partial charge in [0.05, 0.1) is 0 Å². The Bertz CT molecular complexity index is 1410. The van der Waals surface area contributed by atoms with E-state index in [4.69, 9.17) is 11.6 Å². The van der Waals surface area contributed by atoms with E-state index in [9.17, 15) is 9.59 Å². The van der Waals surface area contributed by atoms with Crippen molar-refractivity contribution in [2.75, 3.05) is 17.2 Å². The van der Waals surface area contributed by atoms with Gasteiger partial charge in [0.1, 0.15) is 0 Å². The van der Waals surface area contributed by atoms with Crippen molar-refractivity contribution in [3.63, 3.8) is 0 Å². The van der Waals surface area contributed by atoms with Crippen molar-refractivity contribution in [1.82, 2.24) is 10.3 Å². The first-order chi connectivity index (χ1) is 16.9. The summed E-state index contributed by atoms with van der Waals surface area (Å²) in [6.45, 7) is 3.81. The van der Waals surface area contributed by atoms with Crippen LogP contribution in [0.15, 0.2) is 77.9 Å². The number of hydrogen-bond acceptors (Lipinski definition) is 3. The van der Waals surface area contributed by atoms with Gasteiger partial charge in [-0.2, -0.15) is 0 Å². The number of rotatable bonds is 6. The number of benzene rings is 3. The van der Waals surface area contributed by atoms with E-state index in [0.717, 1.165) is 27.7 Å². The van der Waals surface area contributed by atoms with Crippen LogP contribution in [-0.2, 0) is 11.2 Å². The first-order valence-electron chi connectivity index (χ1n) is 11.2. The van der Waals surface area contributed by atoms with Crippen molar-refractivity contribution in [1.29, 1.82) is 0 Å². The van der Waals surface area contributed by atoms with Crippen LogP contribution in [0.1, 0.15) is 28.4 Å². The number of anilines is 2. The molecule has 0 bridgehead atoms. The number of nitrogens with zero attached hydrogens (tertiary/aromatic N) is 1. The molecular formula is C27H26ClN5O2. The minimum absolute atomic E-state index is 0.207. The monoisotopic (exact) mass is 487 g/mol. The molecule has 0 radical (unpaired) electrons. The molecule has 4 rings (SSSR count). The second kappa shape index (κ2) is 10.9. The van der Waals surface area contributed by atoms with Crippen LogP contribution in [0.5, 0.6) is 0 Å². The van der Waals surface area contributed by atoms with Crippen LogP contribution in [-0.4, -0.2) is 29.3 Å². The summed E-state index contributed by atoms with van der Waals surface area (Å²) in [5.74, 6) is -0.227. The number of nitrogens with one attached hydrogen (secondary N) is 4. The average molecular weight is 488 g/mol. The number of aliphatic imine (C=N–C) groups is 1. The number of aromatic amines is 1. The van der Waals surface area contributed by atoms with Gasteiger partial charge in [-0.05, 0) is 66.9 Å². The van der Waals surface area contributed by atoms with Gasteiger partial charge in [-0.25, -0.2) is 0 Å². The molecule has 0 fully saturated rings. The maximum absolute atomic E-state index is 13.0. The Kier molecular flexibility index (Phi) is 7.48. The average Bonchev–Trinajstić information content (AvgIpc) is 3.23. The minimum Gasteiger partial charge on any atom is -0.361 e. The molecular weight excluding hydrogens is 462 g/mol. The number of aromatic nitrogens is 1. The standard InChI is InChI=1S/C27H26ClN5O2/c1-17-14-21(28)10-11-24(17)32-27(29-13-12-20-16-30-25-9-4-3-8-23(20)25)33-26(35)19-6-5-7-22(15-19)31-18(2)34/h3-11,14-16,30H,12-13H2,1-2H3,(H,31,34)(H2,29,32,33,35). The van der Waals surface area contributed by atoms with E-state index in [0.29, 0.717) is 35.2 Å². The van der Waals surface area contributed by atoms with Crippen LogP contribution >= 0.6 is 11.6 Å². The topological polar surface area (TPSA) is 98.4 Å². The van der Waals surface area contributed by atoms with E-state index in [-0.39, 0.29) is 11.8 Å². The molecule has 0 aliphatic rings. The number of H-pyrrole nitrogens is 1. The van der Waals surface area contributed by atoms with Crippen LogP contribution in [0.3, 0.4) is 0 Å². The largest absolute Gasteiger partial charge is 0.361 e. The van der Waals surface area contributed by atoms with Crippen molar-refractivity contribution in [2.24, 2.45) is 4.99 Å². The predicted octanol–water partition coefficient (Wildman–Crippen LogP) is 5.53. The molecule has 178 valence electrons. The number of hydrogen-bond donors (Lipinski definition) is 4. The first-order valence-corrected chi connectivity index (χ1v) is 11.6. The first kappa shape index (κ1) is 24.0. The Morgan fingerprint density at radius 2 is 1.83 bits per heavy atom. The Balaban J connectivity index is 1.54. The predicted molar refractivity (Wildman–Crippen MR) is 142 cm³/mol. The Morgan fingerprint density at radius 3 is 2.63 bits per heavy atom. The Hall–Kier alpha value is -4.10. The fraction of sp³-hybridized carbons (Fsp3) is 0.148. The van der Waals surface area contributed by atoms with Gasteiger partial charge in [0, 0.05) is 52.5 Å². The van der Waals surface area contributed by atoms with Crippen LogP contribution in [0, 0.1) is 6.92 Å². The summed E-state index contributed by atoms with van der Waals surface area (Å²) in [4.78, 5) is 32.3. The molecule has 4 aromatic rings. The lowest BCUT2D eigenvalue weighted by Crippen LogP contribution is -2.36. The van der Waals surface area contributed by atoms with Gasteiger partial charge in [-0.1, -0.05) is 35.9 Å². The second-order valence-electron chi connectivity index (χ2n) is 8.14. The lowest BCUT2D eigenvalue weighted by atomic mass is 10.1. The highest BCUT2D eigenvalue weighted by atomic mass is 35.5. The zero-order valence-electron chi connectivity index (χ0n) is 19.5. The number of fused-ring (bicyclic) bond motifs is 1. The fourth-order valence-corrected chi connectivity index (χ4v) is 3.98. The summed E-state index contributed by atoms with van der Waals surface area (Å²) in [6.07, 6.45) is 2.69. The van der Waals surface area contributed by atoms with E-state index in [2.05, 4.69) is 32.0 Å². The van der Waals surface area contributed by atoms with Crippen LogP contribution in [0.2, 0.25) is 5.02 Å². The SMILES string of the molecule is CC(=O)Nc1cccc(C(=O)NC(=NCCc2c[nH]c3ccccc23)Nc2ccc(Cl)cc2C)c1. The maximum Gasteiger partial charge on any atom is 0.258 e. The van der Waals surface area contributed by atoms with E-state index >= 15 is 0 Å². The molecule has 0 aliphatic heterocycles. The Labute approximate surface area is 208 Å². The van der Waals surface area contributed by atoms with Crippen molar-refractivity contribution < 1.29 is 9.59 Å². The second-order valence-corrected chi connectivity index (χ2v) is 8.58. The summed E-state index contributed by atoms with van der Waals surface area (Å²) in [5.41, 5.74) is 4.88. The number of amides is 2. The third kappa shape index (κ3) is 6.28. The molecule has 0 atom stereocenters. The molecule has 1 aromatic heterocycles. The molecule has 0 aliphatic carbocycles. The third-order valence-electron chi connectivity index (χ3n) is 5.44. The molecule has 0 saturated carbocycles. The van der Waals surface area contributed by atoms with Crippen molar-refractivity contribution in [3.8, 4) is 0 Å². The molecule has 35 heavy (non-hydrogen) atoms. The lowest BCUT2D eigenvalue weighted by Gasteiger charge is -2.14. The summed E-state index contributed by atoms with van der Waals surface area (Å²) in [7, 11) is 0. The van der Waals surface area contributed by atoms with Gasteiger partial charge in [-0.3, -0.25) is 19.9 Å². The smallest absolute Gasteiger partial charge is 0.258 e. The van der Waals surface area contributed by atoms with E-state index in [1.165, 1.54) is 6.92 Å². The van der Waals surface area contributed by atoms with Gasteiger partial charge >= 0.3 is 0 Å². The van der Waals surface area contributed by atoms with Gasteiger partial charge in [0.25, 0.3) is 5.91 Å². The van der Waals surface area contributed by atoms with Crippen LogP contribution < -0.4 is 16.0 Å². The molecule has 0 spiro atoms. The van der Waals surface area contributed by atoms with Gasteiger partial charge in [0.2, 0.25) is 11.9 Å². The number of guanidine groups is 1. The molecule has 7 nitrogen and oxygen atoms in total. The summed E-state index contributed by atoms with van der Waals surface area (Å²) < 4.78 is 0. The van der Waals surface area contributed by atoms with E-state index in [1.807, 2.05) is 43.5 Å². The highest BCUT2D eigenvalue weighted by Crippen LogP contribution is 2.20. The summed E-state index contributed by atoms with van der Waals surface area (Å²) >= 11 is 6.10. The van der Waals surface area contributed by atoms with E-state index < -0.39 is 0 Å². The van der Waals surface area contributed by atoms with Gasteiger partial charge in [0.15, 0.2) is 0 Å². The van der Waals surface area contributed by atoms with Crippen LogP contribution in [0.4, 0.5) is 11.4 Å². The lowest BCUT2D eigenvalue weighted by molar-refractivity contribution is -0.114. The highest BCUT2D eigenvalue weighted by molar-refractivity contribution is 6.30. The quantitative estimate of drug-likeness (QED) is 0.212. The molecule has 1 heterocycles. The highest BCUT2D eigenvalue weighted by Gasteiger charge is 2.12. The third-order valence-corrected chi connectivity index (χ3v) is 5.68. The minimum atomic E-state index is -0.345. The molecule has 0 unspecified atom stereocenters. The summed E-state index contributed by atoms with van der Waals surface area (Å²) in [6, 6.07) is 20.3. The number of halogens is 1. The van der Waals surface area contributed by atoms with Gasteiger partial charge < -0.3 is 15.6 Å². The zero-order valence-corrected chi connectivity index (χ0v) is 20.2. The number of carbonyl (C=O) groups is 2. The molecule has 2 amide bonds. The zero-order chi connectivity index (χ0) is 24.8. The number of carbonyl (C=O) groups excluding carboxylic acids is 2. The van der Waals surface area contributed by atoms with Crippen molar-refractivity contribution >= 4 is 51.7 Å². The molecule has 4 N–H and O–H groups in total. The molecule has 8 heteroatoms. The molecule has 3 aromatic carbocycles. The van der Waals surface area contributed by atoms with Crippen LogP contribution in [0.25, 0.3) is 10.9 Å².